The molecule has 6 nitrogen and oxygen atoms in total. The van der Waals surface area contributed by atoms with E-state index in [9.17, 15) is 4.79 Å². The van der Waals surface area contributed by atoms with Gasteiger partial charge in [0, 0.05) is 61.9 Å². The summed E-state index contributed by atoms with van der Waals surface area (Å²) in [5.74, 6) is 0. The molecule has 1 unspecified atom stereocenters. The number of nitrogens with one attached hydrogen (secondary N) is 2. The molecule has 1 fully saturated rings. The van der Waals surface area contributed by atoms with Gasteiger partial charge in [0.05, 0.1) is 30.6 Å². The number of aromatic amines is 1. The Bertz CT molecular complexity index is 1510. The van der Waals surface area contributed by atoms with Gasteiger partial charge in [-0.25, -0.2) is 0 Å². The molecule has 2 aromatic heterocycles. The average molecular weight is 543 g/mol. The Labute approximate surface area is 231 Å². The summed E-state index contributed by atoms with van der Waals surface area (Å²) >= 11 is 3.54. The van der Waals surface area contributed by atoms with E-state index in [1.54, 1.807) is 29.6 Å². The van der Waals surface area contributed by atoms with Crippen molar-refractivity contribution in [3.63, 3.8) is 0 Å². The number of H-pyrrole nitrogens is 1. The highest BCUT2D eigenvalue weighted by molar-refractivity contribution is 8.05. The summed E-state index contributed by atoms with van der Waals surface area (Å²) in [6, 6.07) is 21.1. The van der Waals surface area contributed by atoms with Gasteiger partial charge in [0.1, 0.15) is 0 Å². The minimum Gasteiger partial charge on any atom is -0.378 e. The third kappa shape index (κ3) is 5.21. The molecule has 0 radical (unpaired) electrons. The van der Waals surface area contributed by atoms with Gasteiger partial charge in [-0.15, -0.1) is 0 Å². The molecule has 0 amide bonds. The molecule has 2 aliphatic rings. The summed E-state index contributed by atoms with van der Waals surface area (Å²) in [5.41, 5.74) is 6.08. The van der Waals surface area contributed by atoms with E-state index in [-0.39, 0.29) is 11.6 Å². The van der Waals surface area contributed by atoms with E-state index in [1.165, 1.54) is 25.1 Å². The molecule has 194 valence electrons. The van der Waals surface area contributed by atoms with Gasteiger partial charge in [0.25, 0.3) is 0 Å². The third-order valence-electron chi connectivity index (χ3n) is 6.89. The van der Waals surface area contributed by atoms with Gasteiger partial charge < -0.3 is 19.9 Å². The number of nitrogens with zero attached hydrogens (tertiary/aromatic N) is 2. The highest BCUT2D eigenvalue weighted by atomic mass is 32.2. The van der Waals surface area contributed by atoms with E-state index in [0.29, 0.717) is 13.2 Å². The normalized spacial score (nSPS) is 15.5. The molecule has 0 bridgehead atoms. The fraction of sp³-hybridized carbons (Fsp3) is 0.267. The number of pyridine rings is 2. The number of hydrogen-bond acceptors (Lipinski definition) is 7. The van der Waals surface area contributed by atoms with E-state index >= 15 is 0 Å². The topological polar surface area (TPSA) is 70.2 Å². The van der Waals surface area contributed by atoms with Gasteiger partial charge in [-0.2, -0.15) is 0 Å². The first kappa shape index (κ1) is 25.1. The molecule has 0 saturated carbocycles. The van der Waals surface area contributed by atoms with Gasteiger partial charge in [-0.1, -0.05) is 48.6 Å². The Morgan fingerprint density at radius 2 is 1.89 bits per heavy atom. The number of ether oxygens (including phenoxy) is 1. The highest BCUT2D eigenvalue weighted by Crippen LogP contribution is 2.52. The number of aromatic nitrogens is 2. The van der Waals surface area contributed by atoms with Crippen LogP contribution in [0.2, 0.25) is 0 Å². The quantitative estimate of drug-likeness (QED) is 0.246. The van der Waals surface area contributed by atoms with Crippen molar-refractivity contribution >= 4 is 34.9 Å². The number of fused-ring (bicyclic) bond motifs is 2. The molecule has 0 spiro atoms. The fourth-order valence-electron chi connectivity index (χ4n) is 4.85. The average Bonchev–Trinajstić information content (AvgIpc) is 2.95. The second-order valence-electron chi connectivity index (χ2n) is 9.58. The minimum atomic E-state index is -0.0836. The smallest absolute Gasteiger partial charge is 0.250 e. The Kier molecular flexibility index (Phi) is 7.19. The van der Waals surface area contributed by atoms with E-state index in [0.717, 1.165) is 47.8 Å². The van der Waals surface area contributed by atoms with Crippen molar-refractivity contribution in [2.75, 3.05) is 36.5 Å². The fourth-order valence-corrected chi connectivity index (χ4v) is 7.27. The van der Waals surface area contributed by atoms with Crippen LogP contribution in [0.3, 0.4) is 0 Å². The van der Waals surface area contributed by atoms with Crippen LogP contribution >= 0.6 is 23.5 Å². The summed E-state index contributed by atoms with van der Waals surface area (Å²) in [5, 5.41) is 3.68. The zero-order valence-corrected chi connectivity index (χ0v) is 23.1. The van der Waals surface area contributed by atoms with E-state index in [1.807, 2.05) is 6.20 Å². The van der Waals surface area contributed by atoms with Crippen LogP contribution in [0, 0.1) is 6.92 Å². The lowest BCUT2D eigenvalue weighted by molar-refractivity contribution is 0.122. The minimum absolute atomic E-state index is 0.0836. The monoisotopic (exact) mass is 542 g/mol. The molecule has 38 heavy (non-hydrogen) atoms. The Hall–Kier alpha value is -3.20. The van der Waals surface area contributed by atoms with Crippen molar-refractivity contribution in [2.24, 2.45) is 0 Å². The van der Waals surface area contributed by atoms with Crippen molar-refractivity contribution in [1.29, 1.82) is 0 Å². The van der Waals surface area contributed by atoms with Crippen molar-refractivity contribution in [3.8, 4) is 11.3 Å². The molecular weight excluding hydrogens is 512 g/mol. The van der Waals surface area contributed by atoms with Gasteiger partial charge in [0.2, 0.25) is 5.56 Å². The van der Waals surface area contributed by atoms with Crippen molar-refractivity contribution in [1.82, 2.24) is 9.97 Å². The van der Waals surface area contributed by atoms with Crippen LogP contribution < -0.4 is 15.8 Å². The lowest BCUT2D eigenvalue weighted by atomic mass is 10.1. The zero-order valence-electron chi connectivity index (χ0n) is 21.5. The first-order valence-corrected chi connectivity index (χ1v) is 14.6. The number of rotatable bonds is 6. The van der Waals surface area contributed by atoms with Crippen LogP contribution in [0.5, 0.6) is 0 Å². The SMILES string of the molecule is CCC(Nc1ccc2c(c1)Sc1cccc(-c3cc(N4CCOCC4)cc(=O)[nH]3)c1S2)c1ccc(C)cn1. The van der Waals surface area contributed by atoms with Crippen LogP contribution in [0.4, 0.5) is 11.4 Å². The summed E-state index contributed by atoms with van der Waals surface area (Å²) in [6.07, 6.45) is 2.88. The number of hydrogen-bond donors (Lipinski definition) is 2. The first-order valence-electron chi connectivity index (χ1n) is 13.0. The van der Waals surface area contributed by atoms with E-state index in [4.69, 9.17) is 4.74 Å². The van der Waals surface area contributed by atoms with Gasteiger partial charge >= 0.3 is 0 Å². The highest BCUT2D eigenvalue weighted by Gasteiger charge is 2.23. The number of benzene rings is 2. The predicted octanol–water partition coefficient (Wildman–Crippen LogP) is 6.76. The van der Waals surface area contributed by atoms with Crippen molar-refractivity contribution in [3.05, 3.63) is 88.5 Å². The van der Waals surface area contributed by atoms with Crippen LogP contribution in [0.15, 0.2) is 91.2 Å². The summed E-state index contributed by atoms with van der Waals surface area (Å²) in [6.45, 7) is 7.20. The molecule has 1 saturated heterocycles. The Balaban J connectivity index is 1.27. The first-order chi connectivity index (χ1) is 18.6. The lowest BCUT2D eigenvalue weighted by Gasteiger charge is -2.29. The molecule has 8 heteroatoms. The predicted molar refractivity (Wildman–Crippen MR) is 156 cm³/mol. The lowest BCUT2D eigenvalue weighted by Crippen LogP contribution is -2.36. The Morgan fingerprint density at radius 3 is 2.68 bits per heavy atom. The van der Waals surface area contributed by atoms with Crippen molar-refractivity contribution < 1.29 is 4.74 Å². The van der Waals surface area contributed by atoms with Crippen LogP contribution in [0.1, 0.15) is 30.6 Å². The molecule has 6 rings (SSSR count). The van der Waals surface area contributed by atoms with Gasteiger partial charge in [0.15, 0.2) is 0 Å². The summed E-state index contributed by atoms with van der Waals surface area (Å²) in [4.78, 5) is 27.4. The standard InChI is InChI=1S/C30H30N4O2S2/c1-3-23(24-9-7-19(2)18-31-24)32-20-8-10-26-28(15-20)37-27-6-4-5-22(30(27)38-26)25-16-21(17-29(35)33-25)34-11-13-36-14-12-34/h4-10,15-18,23,32H,3,11-14H2,1-2H3,(H,33,35). The van der Waals surface area contributed by atoms with E-state index in [2.05, 4.69) is 88.6 Å². The molecule has 2 aromatic carbocycles. The summed E-state index contributed by atoms with van der Waals surface area (Å²) < 4.78 is 5.50. The van der Waals surface area contributed by atoms with Gasteiger partial charge in [-0.05, 0) is 55.3 Å². The molecule has 4 heterocycles. The molecular formula is C30H30N4O2S2. The second-order valence-corrected chi connectivity index (χ2v) is 11.7. The molecule has 4 aromatic rings. The van der Waals surface area contributed by atoms with Crippen LogP contribution in [-0.4, -0.2) is 36.3 Å². The largest absolute Gasteiger partial charge is 0.378 e. The Morgan fingerprint density at radius 1 is 1.03 bits per heavy atom. The maximum absolute atomic E-state index is 12.6. The van der Waals surface area contributed by atoms with Crippen LogP contribution in [-0.2, 0) is 4.74 Å². The third-order valence-corrected chi connectivity index (χ3v) is 9.49. The van der Waals surface area contributed by atoms with Gasteiger partial charge in [-0.3, -0.25) is 9.78 Å². The van der Waals surface area contributed by atoms with Crippen molar-refractivity contribution in [2.45, 2.75) is 45.9 Å². The second kappa shape index (κ2) is 10.9. The number of morpholine rings is 1. The molecule has 2 aliphatic heterocycles. The maximum Gasteiger partial charge on any atom is 0.250 e. The molecule has 0 aliphatic carbocycles. The van der Waals surface area contributed by atoms with E-state index < -0.39 is 0 Å². The van der Waals surface area contributed by atoms with Crippen LogP contribution in [0.25, 0.3) is 11.3 Å². The number of anilines is 2. The molecule has 1 atom stereocenters. The number of aryl methyl sites for hydroxylation is 1. The maximum atomic E-state index is 12.6. The molecule has 2 N–H and O–H groups in total. The summed E-state index contributed by atoms with van der Waals surface area (Å²) in [7, 11) is 0. The zero-order chi connectivity index (χ0) is 26.1.